The number of benzene rings is 1. The van der Waals surface area contributed by atoms with E-state index in [4.69, 9.17) is 0 Å². The van der Waals surface area contributed by atoms with Gasteiger partial charge < -0.3 is 10.6 Å². The summed E-state index contributed by atoms with van der Waals surface area (Å²) < 4.78 is 2.07. The minimum atomic E-state index is 0.751. The highest BCUT2D eigenvalue weighted by molar-refractivity contribution is 8.01. The predicted octanol–water partition coefficient (Wildman–Crippen LogP) is 3.93. The van der Waals surface area contributed by atoms with Gasteiger partial charge in [-0.25, -0.2) is 9.97 Å². The topological polar surface area (TPSA) is 54.2 Å². The maximum Gasteiger partial charge on any atom is 0.180 e. The maximum absolute atomic E-state index is 4.52. The zero-order valence-electron chi connectivity index (χ0n) is 13.2. The molecule has 0 aliphatic heterocycles. The van der Waals surface area contributed by atoms with Crippen LogP contribution in [0.2, 0.25) is 0 Å². The highest BCUT2D eigenvalue weighted by Gasteiger charge is 2.08. The molecule has 6 heteroatoms. The Morgan fingerprint density at radius 2 is 2.13 bits per heavy atom. The second-order valence-corrected chi connectivity index (χ2v) is 5.73. The van der Waals surface area contributed by atoms with E-state index in [9.17, 15) is 0 Å². The molecule has 5 nitrogen and oxygen atoms in total. The molecule has 2 N–H and O–H groups in total. The van der Waals surface area contributed by atoms with Crippen molar-refractivity contribution in [1.82, 2.24) is 14.4 Å². The van der Waals surface area contributed by atoms with Gasteiger partial charge in [-0.15, -0.1) is 11.8 Å². The molecule has 0 bridgehead atoms. The number of rotatable bonds is 6. The summed E-state index contributed by atoms with van der Waals surface area (Å²) >= 11 is 1.70. The molecular formula is C17H19N5S. The van der Waals surface area contributed by atoms with E-state index in [2.05, 4.69) is 42.7 Å². The predicted molar refractivity (Wildman–Crippen MR) is 98.6 cm³/mol. The smallest absolute Gasteiger partial charge is 0.180 e. The summed E-state index contributed by atoms with van der Waals surface area (Å²) in [5.74, 6) is 0.751. The van der Waals surface area contributed by atoms with Crippen molar-refractivity contribution in [1.29, 1.82) is 0 Å². The highest BCUT2D eigenvalue weighted by atomic mass is 32.2. The molecule has 0 amide bonds. The van der Waals surface area contributed by atoms with E-state index in [0.717, 1.165) is 35.0 Å². The molecule has 23 heavy (non-hydrogen) atoms. The van der Waals surface area contributed by atoms with Gasteiger partial charge in [-0.2, -0.15) is 0 Å². The van der Waals surface area contributed by atoms with Crippen LogP contribution in [0.1, 0.15) is 5.69 Å². The first-order valence-electron chi connectivity index (χ1n) is 7.35. The van der Waals surface area contributed by atoms with Crippen LogP contribution in [-0.4, -0.2) is 27.7 Å². The molecule has 3 aromatic rings. The lowest BCUT2D eigenvalue weighted by atomic mass is 10.3. The van der Waals surface area contributed by atoms with Crippen LogP contribution in [0, 0.1) is 0 Å². The van der Waals surface area contributed by atoms with Gasteiger partial charge in [0.2, 0.25) is 0 Å². The molecule has 0 saturated heterocycles. The van der Waals surface area contributed by atoms with Gasteiger partial charge in [-0.3, -0.25) is 4.40 Å². The average Bonchev–Trinajstić information content (AvgIpc) is 3.00. The van der Waals surface area contributed by atoms with Crippen molar-refractivity contribution >= 4 is 34.6 Å². The molecule has 2 aromatic heterocycles. The number of nitrogens with zero attached hydrogens (tertiary/aromatic N) is 3. The number of imidazole rings is 1. The van der Waals surface area contributed by atoms with Crippen LogP contribution in [0.5, 0.6) is 0 Å². The number of nitrogens with one attached hydrogen (secondary N) is 2. The van der Waals surface area contributed by atoms with Crippen molar-refractivity contribution in [2.24, 2.45) is 0 Å². The minimum absolute atomic E-state index is 0.751. The third-order valence-electron chi connectivity index (χ3n) is 3.48. The summed E-state index contributed by atoms with van der Waals surface area (Å²) in [4.78, 5) is 8.95. The van der Waals surface area contributed by atoms with Crippen molar-refractivity contribution in [3.8, 4) is 0 Å². The van der Waals surface area contributed by atoms with E-state index in [1.165, 1.54) is 0 Å². The molecule has 2 heterocycles. The second-order valence-electron chi connectivity index (χ2n) is 4.99. The van der Waals surface area contributed by atoms with Crippen LogP contribution in [0.15, 0.2) is 54.3 Å². The van der Waals surface area contributed by atoms with Gasteiger partial charge in [0.1, 0.15) is 0 Å². The Labute approximate surface area is 139 Å². The molecule has 0 radical (unpaired) electrons. The Kier molecular flexibility index (Phi) is 4.83. The molecule has 0 atom stereocenters. The monoisotopic (exact) mass is 325 g/mol. The van der Waals surface area contributed by atoms with Gasteiger partial charge in [0.15, 0.2) is 11.5 Å². The van der Waals surface area contributed by atoms with E-state index in [-0.39, 0.29) is 0 Å². The molecule has 3 rings (SSSR count). The van der Waals surface area contributed by atoms with Gasteiger partial charge in [0.05, 0.1) is 0 Å². The van der Waals surface area contributed by atoms with Crippen LogP contribution in [0.4, 0.5) is 17.2 Å². The van der Waals surface area contributed by atoms with Crippen molar-refractivity contribution in [3.63, 3.8) is 0 Å². The third-order valence-corrected chi connectivity index (χ3v) is 3.94. The first kappa shape index (κ1) is 15.4. The Morgan fingerprint density at radius 3 is 2.96 bits per heavy atom. The van der Waals surface area contributed by atoms with E-state index in [1.54, 1.807) is 18.0 Å². The number of hydrogen-bond donors (Lipinski definition) is 2. The summed E-state index contributed by atoms with van der Waals surface area (Å²) in [6, 6.07) is 8.07. The summed E-state index contributed by atoms with van der Waals surface area (Å²) in [7, 11) is 1.90. The molecular weight excluding hydrogens is 306 g/mol. The van der Waals surface area contributed by atoms with Crippen LogP contribution in [0.25, 0.3) is 5.65 Å². The van der Waals surface area contributed by atoms with Crippen molar-refractivity contribution < 1.29 is 0 Å². The fourth-order valence-electron chi connectivity index (χ4n) is 2.36. The number of fused-ring (bicyclic) bond motifs is 1. The van der Waals surface area contributed by atoms with E-state index in [1.807, 2.05) is 43.7 Å². The number of thioether (sulfide) groups is 1. The average molecular weight is 325 g/mol. The van der Waals surface area contributed by atoms with E-state index in [0.29, 0.717) is 0 Å². The number of anilines is 3. The molecule has 118 valence electrons. The highest BCUT2D eigenvalue weighted by Crippen LogP contribution is 2.22. The van der Waals surface area contributed by atoms with Crippen molar-refractivity contribution in [3.05, 3.63) is 60.0 Å². The summed E-state index contributed by atoms with van der Waals surface area (Å²) in [6.45, 7) is 0. The molecule has 0 unspecified atom stereocenters. The van der Waals surface area contributed by atoms with Gasteiger partial charge in [-0.1, -0.05) is 12.1 Å². The fourth-order valence-corrected chi connectivity index (χ4v) is 2.65. The molecule has 0 aliphatic rings. The van der Waals surface area contributed by atoms with Gasteiger partial charge >= 0.3 is 0 Å². The largest absolute Gasteiger partial charge is 0.388 e. The fraction of sp³-hybridized carbons (Fsp3) is 0.176. The second kappa shape index (κ2) is 7.19. The zero-order chi connectivity index (χ0) is 16.1. The quantitative estimate of drug-likeness (QED) is 0.719. The standard InChI is InChI=1S/C17H19N5S/c1-18-13-5-3-6-14(11-13)21-16-17-20-12-15(7-4-10-23-2)22(17)9-8-19-16/h3-6,8-12,18H,7H2,1-2H3,(H,19,21)/b10-4-. The van der Waals surface area contributed by atoms with Crippen LogP contribution in [-0.2, 0) is 6.42 Å². The van der Waals surface area contributed by atoms with Crippen LogP contribution in [0.3, 0.4) is 0 Å². The molecule has 0 fully saturated rings. The first-order valence-corrected chi connectivity index (χ1v) is 8.64. The van der Waals surface area contributed by atoms with Gasteiger partial charge in [-0.05, 0) is 29.9 Å². The molecule has 1 aromatic carbocycles. The van der Waals surface area contributed by atoms with E-state index >= 15 is 0 Å². The van der Waals surface area contributed by atoms with Gasteiger partial charge in [0, 0.05) is 49.1 Å². The summed E-state index contributed by atoms with van der Waals surface area (Å²) in [5, 5.41) is 8.56. The Morgan fingerprint density at radius 1 is 1.26 bits per heavy atom. The summed E-state index contributed by atoms with van der Waals surface area (Å²) in [5.41, 5.74) is 3.99. The lowest BCUT2D eigenvalue weighted by molar-refractivity contribution is 1.03. The van der Waals surface area contributed by atoms with Crippen molar-refractivity contribution in [2.45, 2.75) is 6.42 Å². The van der Waals surface area contributed by atoms with E-state index < -0.39 is 0 Å². The Bertz CT molecular complexity index is 825. The Balaban J connectivity index is 1.90. The first-order chi connectivity index (χ1) is 11.3. The lowest BCUT2D eigenvalue weighted by Gasteiger charge is -2.09. The maximum atomic E-state index is 4.52. The summed E-state index contributed by atoms with van der Waals surface area (Å²) in [6.07, 6.45) is 10.7. The number of hydrogen-bond acceptors (Lipinski definition) is 5. The van der Waals surface area contributed by atoms with Crippen LogP contribution >= 0.6 is 11.8 Å². The lowest BCUT2D eigenvalue weighted by Crippen LogP contribution is -2.00. The third kappa shape index (κ3) is 3.48. The van der Waals surface area contributed by atoms with Crippen molar-refractivity contribution in [2.75, 3.05) is 23.9 Å². The number of aromatic nitrogens is 3. The van der Waals surface area contributed by atoms with Gasteiger partial charge in [0.25, 0.3) is 0 Å². The Hall–Kier alpha value is -2.47. The minimum Gasteiger partial charge on any atom is -0.388 e. The van der Waals surface area contributed by atoms with Crippen LogP contribution < -0.4 is 10.6 Å². The zero-order valence-corrected chi connectivity index (χ0v) is 14.0. The normalized spacial score (nSPS) is 11.2. The molecule has 0 saturated carbocycles. The molecule has 0 aliphatic carbocycles. The SMILES string of the molecule is CNc1cccc(Nc2nccn3c(C/C=C\SC)cnc23)c1. The number of allylic oxidation sites excluding steroid dienone is 1. The molecule has 0 spiro atoms.